The third-order valence-electron chi connectivity index (χ3n) is 6.25. The highest BCUT2D eigenvalue weighted by molar-refractivity contribution is 14.0. The number of hydrogen-bond acceptors (Lipinski definition) is 4. The Morgan fingerprint density at radius 1 is 1.00 bits per heavy atom. The van der Waals surface area contributed by atoms with Crippen LogP contribution in [-0.2, 0) is 29.2 Å². The van der Waals surface area contributed by atoms with Gasteiger partial charge in [-0.15, -0.1) is 24.0 Å². The van der Waals surface area contributed by atoms with E-state index < -0.39 is 0 Å². The standard InChI is InChI=1S/C26H36N4O2.HI/c1-27-26(30-12-11-25(19-30)21-32-20-24-5-3-2-4-6-24)28-17-22-7-9-23(10-8-22)18-29-13-15-31-16-14-29;/h2-10,25H,11-21H2,1H3,(H,27,28);1H. The van der Waals surface area contributed by atoms with Gasteiger partial charge in [0, 0.05) is 52.2 Å². The molecule has 180 valence electrons. The van der Waals surface area contributed by atoms with E-state index in [0.717, 1.165) is 71.5 Å². The van der Waals surface area contributed by atoms with Crippen molar-refractivity contribution in [3.63, 3.8) is 0 Å². The normalized spacial score (nSPS) is 19.4. The Kier molecular flexibility index (Phi) is 10.9. The highest BCUT2D eigenvalue weighted by atomic mass is 127. The summed E-state index contributed by atoms with van der Waals surface area (Å²) in [6.07, 6.45) is 1.14. The van der Waals surface area contributed by atoms with Crippen molar-refractivity contribution in [2.24, 2.45) is 10.9 Å². The summed E-state index contributed by atoms with van der Waals surface area (Å²) in [5.41, 5.74) is 3.87. The number of nitrogens with zero attached hydrogens (tertiary/aromatic N) is 3. The van der Waals surface area contributed by atoms with Crippen LogP contribution < -0.4 is 5.32 Å². The Bertz CT molecular complexity index is 841. The molecule has 2 heterocycles. The number of benzene rings is 2. The summed E-state index contributed by atoms with van der Waals surface area (Å²) >= 11 is 0. The first kappa shape index (κ1) is 25.9. The summed E-state index contributed by atoms with van der Waals surface area (Å²) < 4.78 is 11.4. The molecule has 2 fully saturated rings. The Morgan fingerprint density at radius 3 is 2.45 bits per heavy atom. The third kappa shape index (κ3) is 8.24. The van der Waals surface area contributed by atoms with Crippen LogP contribution in [0.3, 0.4) is 0 Å². The molecule has 7 heteroatoms. The third-order valence-corrected chi connectivity index (χ3v) is 6.25. The Morgan fingerprint density at radius 2 is 1.73 bits per heavy atom. The van der Waals surface area contributed by atoms with E-state index in [2.05, 4.69) is 68.6 Å². The van der Waals surface area contributed by atoms with E-state index in [1.165, 1.54) is 16.7 Å². The van der Waals surface area contributed by atoms with Crippen LogP contribution in [0.5, 0.6) is 0 Å². The molecule has 0 amide bonds. The lowest BCUT2D eigenvalue weighted by atomic mass is 10.1. The van der Waals surface area contributed by atoms with Gasteiger partial charge in [0.2, 0.25) is 0 Å². The van der Waals surface area contributed by atoms with Crippen molar-refractivity contribution in [2.45, 2.75) is 26.1 Å². The number of likely N-dealkylation sites (tertiary alicyclic amines) is 1. The molecule has 2 aromatic carbocycles. The minimum Gasteiger partial charge on any atom is -0.379 e. The molecule has 2 aliphatic rings. The maximum atomic E-state index is 5.96. The summed E-state index contributed by atoms with van der Waals surface area (Å²) in [6, 6.07) is 19.3. The summed E-state index contributed by atoms with van der Waals surface area (Å²) in [5, 5.41) is 3.54. The number of rotatable bonds is 8. The van der Waals surface area contributed by atoms with Crippen molar-refractivity contribution in [3.05, 3.63) is 71.3 Å². The van der Waals surface area contributed by atoms with Gasteiger partial charge in [0.05, 0.1) is 26.4 Å². The minimum absolute atomic E-state index is 0. The first-order valence-electron chi connectivity index (χ1n) is 11.8. The van der Waals surface area contributed by atoms with Crippen molar-refractivity contribution in [3.8, 4) is 0 Å². The maximum absolute atomic E-state index is 5.96. The predicted molar refractivity (Wildman–Crippen MR) is 144 cm³/mol. The number of aliphatic imine (C=N–C) groups is 1. The second-order valence-electron chi connectivity index (χ2n) is 8.71. The number of ether oxygens (including phenoxy) is 2. The van der Waals surface area contributed by atoms with Crippen LogP contribution in [0.15, 0.2) is 59.6 Å². The van der Waals surface area contributed by atoms with Crippen molar-refractivity contribution < 1.29 is 9.47 Å². The van der Waals surface area contributed by atoms with Crippen LogP contribution in [-0.4, -0.2) is 68.8 Å². The molecule has 1 unspecified atom stereocenters. The summed E-state index contributed by atoms with van der Waals surface area (Å²) in [4.78, 5) is 9.32. The molecule has 0 aliphatic carbocycles. The van der Waals surface area contributed by atoms with Crippen molar-refractivity contribution in [1.29, 1.82) is 0 Å². The number of guanidine groups is 1. The van der Waals surface area contributed by atoms with Crippen molar-refractivity contribution >= 4 is 29.9 Å². The number of morpholine rings is 1. The molecule has 4 rings (SSSR count). The van der Waals surface area contributed by atoms with Gasteiger partial charge in [0.1, 0.15) is 0 Å². The van der Waals surface area contributed by atoms with E-state index in [4.69, 9.17) is 9.47 Å². The van der Waals surface area contributed by atoms with Crippen LogP contribution in [0.2, 0.25) is 0 Å². The Balaban J connectivity index is 0.00000306. The largest absolute Gasteiger partial charge is 0.379 e. The van der Waals surface area contributed by atoms with Gasteiger partial charge in [-0.1, -0.05) is 54.6 Å². The van der Waals surface area contributed by atoms with E-state index in [0.29, 0.717) is 12.5 Å². The van der Waals surface area contributed by atoms with Gasteiger partial charge in [0.25, 0.3) is 0 Å². The summed E-state index contributed by atoms with van der Waals surface area (Å²) in [6.45, 7) is 9.02. The molecule has 1 atom stereocenters. The Labute approximate surface area is 215 Å². The van der Waals surface area contributed by atoms with E-state index in [1.54, 1.807) is 0 Å². The van der Waals surface area contributed by atoms with Gasteiger partial charge in [-0.25, -0.2) is 0 Å². The molecule has 0 aromatic heterocycles. The number of nitrogens with one attached hydrogen (secondary N) is 1. The lowest BCUT2D eigenvalue weighted by molar-refractivity contribution is 0.0342. The zero-order valence-electron chi connectivity index (χ0n) is 19.6. The predicted octanol–water partition coefficient (Wildman–Crippen LogP) is 3.75. The second kappa shape index (κ2) is 13.9. The van der Waals surface area contributed by atoms with E-state index in [-0.39, 0.29) is 24.0 Å². The molecule has 2 aromatic rings. The quantitative estimate of drug-likeness (QED) is 0.301. The first-order chi connectivity index (χ1) is 15.8. The summed E-state index contributed by atoms with van der Waals surface area (Å²) in [5.74, 6) is 1.53. The molecule has 0 saturated carbocycles. The number of hydrogen-bond donors (Lipinski definition) is 1. The van der Waals surface area contributed by atoms with Gasteiger partial charge in [-0.2, -0.15) is 0 Å². The maximum Gasteiger partial charge on any atom is 0.193 e. The first-order valence-corrected chi connectivity index (χ1v) is 11.8. The van der Waals surface area contributed by atoms with Crippen LogP contribution in [0.1, 0.15) is 23.1 Å². The minimum atomic E-state index is 0. The molecule has 33 heavy (non-hydrogen) atoms. The monoisotopic (exact) mass is 564 g/mol. The molecular formula is C26H37IN4O2. The molecule has 0 spiro atoms. The van der Waals surface area contributed by atoms with E-state index in [1.807, 2.05) is 13.1 Å². The lowest BCUT2D eigenvalue weighted by Gasteiger charge is -2.26. The molecule has 2 saturated heterocycles. The van der Waals surface area contributed by atoms with Crippen molar-refractivity contribution in [1.82, 2.24) is 15.1 Å². The van der Waals surface area contributed by atoms with E-state index in [9.17, 15) is 0 Å². The van der Waals surface area contributed by atoms with Gasteiger partial charge in [-0.05, 0) is 23.1 Å². The topological polar surface area (TPSA) is 49.3 Å². The lowest BCUT2D eigenvalue weighted by Crippen LogP contribution is -2.39. The SMILES string of the molecule is CN=C(NCc1ccc(CN2CCOCC2)cc1)N1CCC(COCc2ccccc2)C1.I. The van der Waals surface area contributed by atoms with Crippen LogP contribution in [0.25, 0.3) is 0 Å². The molecular weight excluding hydrogens is 527 g/mol. The average molecular weight is 565 g/mol. The average Bonchev–Trinajstić information content (AvgIpc) is 3.31. The van der Waals surface area contributed by atoms with Crippen LogP contribution in [0.4, 0.5) is 0 Å². The molecule has 1 N–H and O–H groups in total. The van der Waals surface area contributed by atoms with Gasteiger partial charge in [0.15, 0.2) is 5.96 Å². The van der Waals surface area contributed by atoms with Crippen LogP contribution >= 0.6 is 24.0 Å². The zero-order valence-corrected chi connectivity index (χ0v) is 21.9. The Hall–Kier alpha value is -1.68. The fourth-order valence-electron chi connectivity index (χ4n) is 4.37. The molecule has 6 nitrogen and oxygen atoms in total. The van der Waals surface area contributed by atoms with Crippen LogP contribution in [0, 0.1) is 5.92 Å². The zero-order chi connectivity index (χ0) is 22.0. The van der Waals surface area contributed by atoms with Gasteiger partial charge >= 0.3 is 0 Å². The molecule has 0 bridgehead atoms. The van der Waals surface area contributed by atoms with Gasteiger partial charge < -0.3 is 19.7 Å². The summed E-state index contributed by atoms with van der Waals surface area (Å²) in [7, 11) is 1.87. The second-order valence-corrected chi connectivity index (χ2v) is 8.71. The number of halogens is 1. The smallest absolute Gasteiger partial charge is 0.193 e. The molecule has 0 radical (unpaired) electrons. The fourth-order valence-corrected chi connectivity index (χ4v) is 4.37. The van der Waals surface area contributed by atoms with E-state index >= 15 is 0 Å². The highest BCUT2D eigenvalue weighted by Gasteiger charge is 2.25. The van der Waals surface area contributed by atoms with Crippen molar-refractivity contribution in [2.75, 3.05) is 53.0 Å². The fraction of sp³-hybridized carbons (Fsp3) is 0.500. The molecule has 2 aliphatic heterocycles. The highest BCUT2D eigenvalue weighted by Crippen LogP contribution is 2.18. The van der Waals surface area contributed by atoms with Gasteiger partial charge in [-0.3, -0.25) is 9.89 Å².